The molecule has 0 radical (unpaired) electrons. The highest BCUT2D eigenvalue weighted by atomic mass is 16.5. The first kappa shape index (κ1) is 22.7. The number of hydrogen-bond acceptors (Lipinski definition) is 4. The van der Waals surface area contributed by atoms with E-state index in [9.17, 15) is 9.59 Å². The number of amides is 2. The maximum absolute atomic E-state index is 13.3. The summed E-state index contributed by atoms with van der Waals surface area (Å²) in [6.07, 6.45) is 2.53. The fourth-order valence-corrected chi connectivity index (χ4v) is 4.28. The summed E-state index contributed by atoms with van der Waals surface area (Å²) < 4.78 is 5.37. The van der Waals surface area contributed by atoms with E-state index in [-0.39, 0.29) is 18.6 Å². The van der Waals surface area contributed by atoms with E-state index in [1.807, 2.05) is 85.1 Å². The number of rotatable bonds is 8. The van der Waals surface area contributed by atoms with Crippen LogP contribution < -0.4 is 16.4 Å². The van der Waals surface area contributed by atoms with Crippen molar-refractivity contribution in [3.63, 3.8) is 0 Å². The van der Waals surface area contributed by atoms with Crippen LogP contribution in [0.2, 0.25) is 0 Å². The molecule has 7 nitrogen and oxygen atoms in total. The lowest BCUT2D eigenvalue weighted by molar-refractivity contribution is -0.118. The molecule has 0 spiro atoms. The number of nitrogens with two attached hydrogens (primary N) is 1. The Balaban J connectivity index is 1.29. The van der Waals surface area contributed by atoms with E-state index >= 15 is 0 Å². The summed E-state index contributed by atoms with van der Waals surface area (Å²) in [5, 5.41) is 6.69. The van der Waals surface area contributed by atoms with Crippen LogP contribution in [-0.2, 0) is 22.6 Å². The normalized spacial score (nSPS) is 17.5. The number of anilines is 1. The van der Waals surface area contributed by atoms with Crippen molar-refractivity contribution < 1.29 is 14.3 Å². The highest BCUT2D eigenvalue weighted by Gasteiger charge is 2.34. The number of para-hydroxylation sites is 1. The summed E-state index contributed by atoms with van der Waals surface area (Å²) >= 11 is 0. The average molecular weight is 469 g/mol. The third kappa shape index (κ3) is 5.53. The summed E-state index contributed by atoms with van der Waals surface area (Å²) in [6, 6.07) is 24.4. The quantitative estimate of drug-likeness (QED) is 0.306. The van der Waals surface area contributed by atoms with Crippen molar-refractivity contribution in [2.45, 2.75) is 37.5 Å². The molecule has 3 aromatic carbocycles. The number of aromatic nitrogens is 1. The van der Waals surface area contributed by atoms with Crippen molar-refractivity contribution in [1.82, 2.24) is 10.3 Å². The van der Waals surface area contributed by atoms with Gasteiger partial charge < -0.3 is 26.1 Å². The molecular formula is C28H28N4O3. The molecule has 35 heavy (non-hydrogen) atoms. The number of hydrogen-bond donors (Lipinski definition) is 4. The van der Waals surface area contributed by atoms with Crippen molar-refractivity contribution in [3.05, 3.63) is 102 Å². The van der Waals surface area contributed by atoms with Gasteiger partial charge in [0.25, 0.3) is 0 Å². The second-order valence-electron chi connectivity index (χ2n) is 8.94. The van der Waals surface area contributed by atoms with Crippen LogP contribution in [0.15, 0.2) is 85.1 Å². The number of H-pyrrole nitrogens is 1. The van der Waals surface area contributed by atoms with E-state index in [1.54, 1.807) is 0 Å². The third-order valence-electron chi connectivity index (χ3n) is 6.37. The van der Waals surface area contributed by atoms with Crippen molar-refractivity contribution in [1.29, 1.82) is 0 Å². The molecule has 178 valence electrons. The Labute approximate surface area is 203 Å². The molecule has 2 amide bonds. The Morgan fingerprint density at radius 2 is 1.71 bits per heavy atom. The Morgan fingerprint density at radius 1 is 1.00 bits per heavy atom. The number of nitrogens with one attached hydrogen (secondary N) is 3. The SMILES string of the molecule is N[C@@H]1C[C@H]1c1ccc(NC(=O)C(Cc2c[nH]c3ccccc23)NC(=O)OCc2ccccc2)cc1. The second-order valence-corrected chi connectivity index (χ2v) is 8.94. The van der Waals surface area contributed by atoms with E-state index in [0.29, 0.717) is 18.0 Å². The topological polar surface area (TPSA) is 109 Å². The lowest BCUT2D eigenvalue weighted by atomic mass is 10.0. The Morgan fingerprint density at radius 3 is 2.46 bits per heavy atom. The molecule has 5 rings (SSSR count). The zero-order chi connectivity index (χ0) is 24.2. The molecule has 7 heteroatoms. The Hall–Kier alpha value is -4.10. The molecule has 0 saturated heterocycles. The Kier molecular flexibility index (Phi) is 6.50. The fraction of sp³-hybridized carbons (Fsp3) is 0.214. The van der Waals surface area contributed by atoms with Gasteiger partial charge in [-0.15, -0.1) is 0 Å². The number of benzene rings is 3. The van der Waals surface area contributed by atoms with Crippen LogP contribution in [0.4, 0.5) is 10.5 Å². The number of aromatic amines is 1. The lowest BCUT2D eigenvalue weighted by Crippen LogP contribution is -2.45. The molecule has 1 saturated carbocycles. The van der Waals surface area contributed by atoms with Crippen molar-refractivity contribution >= 4 is 28.6 Å². The molecule has 1 heterocycles. The smallest absolute Gasteiger partial charge is 0.408 e. The van der Waals surface area contributed by atoms with E-state index in [1.165, 1.54) is 5.56 Å². The number of alkyl carbamates (subject to hydrolysis) is 1. The summed E-state index contributed by atoms with van der Waals surface area (Å²) in [4.78, 5) is 29.1. The zero-order valence-electron chi connectivity index (χ0n) is 19.2. The van der Waals surface area contributed by atoms with Crippen LogP contribution >= 0.6 is 0 Å². The molecular weight excluding hydrogens is 440 g/mol. The van der Waals surface area contributed by atoms with Gasteiger partial charge >= 0.3 is 6.09 Å². The van der Waals surface area contributed by atoms with Crippen LogP contribution in [-0.4, -0.2) is 29.1 Å². The molecule has 0 bridgehead atoms. The molecule has 1 aliphatic rings. The Bertz CT molecular complexity index is 1320. The zero-order valence-corrected chi connectivity index (χ0v) is 19.2. The first-order valence-corrected chi connectivity index (χ1v) is 11.8. The first-order valence-electron chi connectivity index (χ1n) is 11.8. The van der Waals surface area contributed by atoms with Gasteiger partial charge in [0.15, 0.2) is 0 Å². The summed E-state index contributed by atoms with van der Waals surface area (Å²) in [5.41, 5.74) is 10.6. The third-order valence-corrected chi connectivity index (χ3v) is 6.37. The van der Waals surface area contributed by atoms with Gasteiger partial charge in [0.2, 0.25) is 5.91 Å². The largest absolute Gasteiger partial charge is 0.445 e. The maximum Gasteiger partial charge on any atom is 0.408 e. The van der Waals surface area contributed by atoms with Gasteiger partial charge in [-0.1, -0.05) is 60.7 Å². The van der Waals surface area contributed by atoms with E-state index in [0.717, 1.165) is 28.5 Å². The highest BCUT2D eigenvalue weighted by molar-refractivity contribution is 5.97. The molecule has 1 fully saturated rings. The van der Waals surface area contributed by atoms with Gasteiger partial charge in [0.05, 0.1) is 0 Å². The van der Waals surface area contributed by atoms with Crippen LogP contribution in [0.5, 0.6) is 0 Å². The highest BCUT2D eigenvalue weighted by Crippen LogP contribution is 2.39. The minimum absolute atomic E-state index is 0.124. The summed E-state index contributed by atoms with van der Waals surface area (Å²) in [6.45, 7) is 0.124. The minimum atomic E-state index is -0.825. The molecule has 5 N–H and O–H groups in total. The minimum Gasteiger partial charge on any atom is -0.445 e. The fourth-order valence-electron chi connectivity index (χ4n) is 4.28. The van der Waals surface area contributed by atoms with Gasteiger partial charge in [-0.25, -0.2) is 4.79 Å². The summed E-state index contributed by atoms with van der Waals surface area (Å²) in [5.74, 6) is 0.0817. The molecule has 4 aromatic rings. The van der Waals surface area contributed by atoms with Crippen LogP contribution in [0.1, 0.15) is 29.0 Å². The molecule has 1 aliphatic carbocycles. The standard InChI is InChI=1S/C28H28N4O3/c29-24-15-23(24)19-10-12-21(13-11-19)31-27(33)26(14-20-16-30-25-9-5-4-8-22(20)25)32-28(34)35-17-18-6-2-1-3-7-18/h1-13,16,23-24,26,30H,14-15,17,29H2,(H,31,33)(H,32,34)/t23-,24+,26?/m0/s1. The average Bonchev–Trinajstić information content (AvgIpc) is 3.48. The predicted molar refractivity (Wildman–Crippen MR) is 136 cm³/mol. The van der Waals surface area contributed by atoms with Gasteiger partial charge in [0, 0.05) is 41.2 Å². The predicted octanol–water partition coefficient (Wildman–Crippen LogP) is 4.46. The van der Waals surface area contributed by atoms with E-state index < -0.39 is 12.1 Å². The van der Waals surface area contributed by atoms with Gasteiger partial charge in [-0.05, 0) is 41.3 Å². The van der Waals surface area contributed by atoms with Crippen molar-refractivity contribution in [2.24, 2.45) is 5.73 Å². The van der Waals surface area contributed by atoms with Crippen LogP contribution in [0, 0.1) is 0 Å². The summed E-state index contributed by atoms with van der Waals surface area (Å²) in [7, 11) is 0. The number of fused-ring (bicyclic) bond motifs is 1. The van der Waals surface area contributed by atoms with Crippen LogP contribution in [0.25, 0.3) is 10.9 Å². The maximum atomic E-state index is 13.3. The number of ether oxygens (including phenoxy) is 1. The van der Waals surface area contributed by atoms with E-state index in [2.05, 4.69) is 15.6 Å². The molecule has 1 unspecified atom stereocenters. The molecule has 0 aliphatic heterocycles. The number of carbonyl (C=O) groups excluding carboxylic acids is 2. The van der Waals surface area contributed by atoms with Crippen molar-refractivity contribution in [3.8, 4) is 0 Å². The molecule has 3 atom stereocenters. The lowest BCUT2D eigenvalue weighted by Gasteiger charge is -2.18. The molecule has 1 aromatic heterocycles. The van der Waals surface area contributed by atoms with Gasteiger partial charge in [0.1, 0.15) is 12.6 Å². The monoisotopic (exact) mass is 468 g/mol. The van der Waals surface area contributed by atoms with Gasteiger partial charge in [-0.2, -0.15) is 0 Å². The number of carbonyl (C=O) groups is 2. The van der Waals surface area contributed by atoms with E-state index in [4.69, 9.17) is 10.5 Å². The second kappa shape index (κ2) is 10.0. The van der Waals surface area contributed by atoms with Crippen LogP contribution in [0.3, 0.4) is 0 Å². The first-order chi connectivity index (χ1) is 17.1. The van der Waals surface area contributed by atoms with Gasteiger partial charge in [-0.3, -0.25) is 4.79 Å². The van der Waals surface area contributed by atoms with Crippen molar-refractivity contribution in [2.75, 3.05) is 5.32 Å².